The van der Waals surface area contributed by atoms with Crippen molar-refractivity contribution in [1.82, 2.24) is 15.1 Å². The first kappa shape index (κ1) is 20.4. The molecule has 2 heterocycles. The van der Waals surface area contributed by atoms with E-state index in [4.69, 9.17) is 0 Å². The van der Waals surface area contributed by atoms with Crippen molar-refractivity contribution in [3.8, 4) is 0 Å². The van der Waals surface area contributed by atoms with Gasteiger partial charge in [0, 0.05) is 12.2 Å². The predicted octanol–water partition coefficient (Wildman–Crippen LogP) is 2.77. The number of anilines is 1. The molecule has 2 aromatic rings. The molecule has 0 atom stereocenters. The summed E-state index contributed by atoms with van der Waals surface area (Å²) >= 11 is 0. The smallest absolute Gasteiger partial charge is 0.246 e. The SMILES string of the molecule is Cc1cc(C)n(CC(=O)Nc2ccc3c(c2F)CCNC3)n1.Cl.Cl. The molecular formula is C16H21Cl2FN4O. The number of nitrogens with one attached hydrogen (secondary N) is 2. The number of aromatic nitrogens is 2. The van der Waals surface area contributed by atoms with E-state index in [0.717, 1.165) is 23.5 Å². The Morgan fingerprint density at radius 2 is 2.12 bits per heavy atom. The van der Waals surface area contributed by atoms with Crippen molar-refractivity contribution >= 4 is 36.4 Å². The Kier molecular flexibility index (Phi) is 7.20. The van der Waals surface area contributed by atoms with Crippen LogP contribution in [0.15, 0.2) is 18.2 Å². The fourth-order valence-electron chi connectivity index (χ4n) is 2.79. The van der Waals surface area contributed by atoms with Crippen LogP contribution in [0, 0.1) is 19.7 Å². The molecule has 1 aromatic carbocycles. The zero-order chi connectivity index (χ0) is 15.7. The minimum Gasteiger partial charge on any atom is -0.322 e. The van der Waals surface area contributed by atoms with Gasteiger partial charge in [-0.3, -0.25) is 9.48 Å². The van der Waals surface area contributed by atoms with Gasteiger partial charge in [0.15, 0.2) is 0 Å². The summed E-state index contributed by atoms with van der Waals surface area (Å²) in [7, 11) is 0. The maximum absolute atomic E-state index is 14.5. The van der Waals surface area contributed by atoms with Gasteiger partial charge in [-0.1, -0.05) is 6.07 Å². The molecule has 0 bridgehead atoms. The van der Waals surface area contributed by atoms with Crippen LogP contribution < -0.4 is 10.6 Å². The second-order valence-corrected chi connectivity index (χ2v) is 5.62. The molecule has 0 saturated carbocycles. The van der Waals surface area contributed by atoms with Gasteiger partial charge in [-0.2, -0.15) is 5.10 Å². The lowest BCUT2D eigenvalue weighted by molar-refractivity contribution is -0.117. The molecule has 0 spiro atoms. The number of carbonyl (C=O) groups excluding carboxylic acids is 1. The molecule has 1 aliphatic rings. The van der Waals surface area contributed by atoms with Crippen LogP contribution in [0.3, 0.4) is 0 Å². The summed E-state index contributed by atoms with van der Waals surface area (Å²) < 4.78 is 16.1. The topological polar surface area (TPSA) is 59.0 Å². The van der Waals surface area contributed by atoms with Crippen LogP contribution in [-0.2, 0) is 24.3 Å². The number of hydrogen-bond donors (Lipinski definition) is 2. The minimum absolute atomic E-state index is 0. The fraction of sp³-hybridized carbons (Fsp3) is 0.375. The van der Waals surface area contributed by atoms with Gasteiger partial charge in [0.25, 0.3) is 0 Å². The average molecular weight is 375 g/mol. The molecule has 0 aliphatic carbocycles. The van der Waals surface area contributed by atoms with E-state index < -0.39 is 0 Å². The zero-order valence-corrected chi connectivity index (χ0v) is 15.2. The van der Waals surface area contributed by atoms with Crippen LogP contribution in [-0.4, -0.2) is 22.2 Å². The second kappa shape index (κ2) is 8.46. The summed E-state index contributed by atoms with van der Waals surface area (Å²) in [5.74, 6) is -0.597. The van der Waals surface area contributed by atoms with E-state index in [0.29, 0.717) is 18.5 Å². The average Bonchev–Trinajstić information content (AvgIpc) is 2.80. The first-order chi connectivity index (χ1) is 10.5. The predicted molar refractivity (Wildman–Crippen MR) is 96.6 cm³/mol. The quantitative estimate of drug-likeness (QED) is 0.868. The number of halogens is 3. The molecule has 8 heteroatoms. The van der Waals surface area contributed by atoms with E-state index >= 15 is 0 Å². The third kappa shape index (κ3) is 4.26. The first-order valence-corrected chi connectivity index (χ1v) is 7.36. The summed E-state index contributed by atoms with van der Waals surface area (Å²) in [5, 5.41) is 10.1. The highest BCUT2D eigenvalue weighted by molar-refractivity contribution is 5.90. The lowest BCUT2D eigenvalue weighted by Gasteiger charge is -2.19. The molecule has 3 rings (SSSR count). The summed E-state index contributed by atoms with van der Waals surface area (Å²) in [6.45, 7) is 5.27. The van der Waals surface area contributed by atoms with Gasteiger partial charge in [-0.05, 0) is 50.1 Å². The highest BCUT2D eigenvalue weighted by Crippen LogP contribution is 2.24. The van der Waals surface area contributed by atoms with Gasteiger partial charge in [0.05, 0.1) is 11.4 Å². The first-order valence-electron chi connectivity index (χ1n) is 7.36. The molecule has 0 radical (unpaired) electrons. The minimum atomic E-state index is -0.319. The summed E-state index contributed by atoms with van der Waals surface area (Å²) in [6, 6.07) is 5.39. The Morgan fingerprint density at radius 3 is 2.79 bits per heavy atom. The van der Waals surface area contributed by atoms with Crippen LogP contribution in [0.2, 0.25) is 0 Å². The van der Waals surface area contributed by atoms with Crippen LogP contribution in [0.1, 0.15) is 22.5 Å². The molecule has 2 N–H and O–H groups in total. The van der Waals surface area contributed by atoms with Gasteiger partial charge in [0.2, 0.25) is 5.91 Å². The number of carbonyl (C=O) groups is 1. The molecule has 1 aromatic heterocycles. The molecule has 0 fully saturated rings. The third-order valence-corrected chi connectivity index (χ3v) is 3.88. The van der Waals surface area contributed by atoms with E-state index in [1.807, 2.05) is 26.0 Å². The maximum atomic E-state index is 14.5. The van der Waals surface area contributed by atoms with Crippen LogP contribution in [0.25, 0.3) is 0 Å². The standard InChI is InChI=1S/C16H19FN4O.2ClH/c1-10-7-11(2)21(20-10)9-15(22)19-14-4-3-12-8-18-6-5-13(12)16(14)17;;/h3-4,7,18H,5-6,8-9H2,1-2H3,(H,19,22);2*1H. The molecule has 0 saturated heterocycles. The van der Waals surface area contributed by atoms with Crippen molar-refractivity contribution in [2.24, 2.45) is 0 Å². The molecule has 24 heavy (non-hydrogen) atoms. The Bertz CT molecular complexity index is 733. The van der Waals surface area contributed by atoms with E-state index in [9.17, 15) is 9.18 Å². The molecular weight excluding hydrogens is 354 g/mol. The number of aryl methyl sites for hydroxylation is 2. The molecule has 132 valence electrons. The second-order valence-electron chi connectivity index (χ2n) is 5.62. The van der Waals surface area contributed by atoms with Crippen molar-refractivity contribution in [3.05, 3.63) is 46.5 Å². The number of hydrogen-bond acceptors (Lipinski definition) is 3. The number of fused-ring (bicyclic) bond motifs is 1. The Balaban J connectivity index is 0.00000144. The van der Waals surface area contributed by atoms with Crippen molar-refractivity contribution in [1.29, 1.82) is 0 Å². The van der Waals surface area contributed by atoms with Gasteiger partial charge in [-0.15, -0.1) is 24.8 Å². The molecule has 1 aliphatic heterocycles. The van der Waals surface area contributed by atoms with E-state index in [-0.39, 0.29) is 48.8 Å². The van der Waals surface area contributed by atoms with Crippen LogP contribution in [0.5, 0.6) is 0 Å². The van der Waals surface area contributed by atoms with Crippen molar-refractivity contribution < 1.29 is 9.18 Å². The number of rotatable bonds is 3. The highest BCUT2D eigenvalue weighted by atomic mass is 35.5. The molecule has 5 nitrogen and oxygen atoms in total. The molecule has 1 amide bonds. The largest absolute Gasteiger partial charge is 0.322 e. The summed E-state index contributed by atoms with van der Waals surface area (Å²) in [4.78, 5) is 12.1. The van der Waals surface area contributed by atoms with Gasteiger partial charge >= 0.3 is 0 Å². The number of benzene rings is 1. The Hall–Kier alpha value is -1.63. The third-order valence-electron chi connectivity index (χ3n) is 3.88. The van der Waals surface area contributed by atoms with Gasteiger partial charge < -0.3 is 10.6 Å². The highest BCUT2D eigenvalue weighted by Gasteiger charge is 2.17. The lowest BCUT2D eigenvalue weighted by atomic mass is 9.99. The van der Waals surface area contributed by atoms with Crippen molar-refractivity contribution in [2.45, 2.75) is 33.4 Å². The van der Waals surface area contributed by atoms with Gasteiger partial charge in [-0.25, -0.2) is 4.39 Å². The summed E-state index contributed by atoms with van der Waals surface area (Å²) in [5.41, 5.74) is 3.66. The van der Waals surface area contributed by atoms with E-state index in [1.165, 1.54) is 0 Å². The number of amides is 1. The van der Waals surface area contributed by atoms with Crippen molar-refractivity contribution in [3.63, 3.8) is 0 Å². The Morgan fingerprint density at radius 1 is 1.38 bits per heavy atom. The monoisotopic (exact) mass is 374 g/mol. The van der Waals surface area contributed by atoms with Gasteiger partial charge in [0.1, 0.15) is 12.4 Å². The number of nitrogens with zero attached hydrogens (tertiary/aromatic N) is 2. The normalized spacial score (nSPS) is 12.6. The fourth-order valence-corrected chi connectivity index (χ4v) is 2.79. The van der Waals surface area contributed by atoms with Crippen LogP contribution in [0.4, 0.5) is 10.1 Å². The van der Waals surface area contributed by atoms with E-state index in [1.54, 1.807) is 10.7 Å². The van der Waals surface area contributed by atoms with E-state index in [2.05, 4.69) is 15.7 Å². The molecule has 0 unspecified atom stereocenters. The Labute approximate surface area is 152 Å². The maximum Gasteiger partial charge on any atom is 0.246 e. The zero-order valence-electron chi connectivity index (χ0n) is 13.6. The van der Waals surface area contributed by atoms with Crippen LogP contribution >= 0.6 is 24.8 Å². The summed E-state index contributed by atoms with van der Waals surface area (Å²) in [6.07, 6.45) is 0.641. The lowest BCUT2D eigenvalue weighted by Crippen LogP contribution is -2.26. The van der Waals surface area contributed by atoms with Crippen molar-refractivity contribution in [2.75, 3.05) is 11.9 Å².